The fourth-order valence-corrected chi connectivity index (χ4v) is 2.11. The third-order valence-corrected chi connectivity index (χ3v) is 3.13. The molecule has 1 aromatic carbocycles. The van der Waals surface area contributed by atoms with E-state index < -0.39 is 17.5 Å². The molecular weight excluding hydrogens is 291 g/mol. The van der Waals surface area contributed by atoms with Crippen molar-refractivity contribution >= 4 is 27.3 Å². The molecule has 2 rings (SSSR count). The minimum absolute atomic E-state index is 0.0455. The number of nitrogens with zero attached hydrogens (tertiary/aromatic N) is 1. The molecule has 0 spiro atoms. The van der Waals surface area contributed by atoms with Crippen molar-refractivity contribution in [3.63, 3.8) is 0 Å². The van der Waals surface area contributed by atoms with E-state index >= 15 is 0 Å². The second-order valence-corrected chi connectivity index (χ2v) is 4.87. The number of thiazole rings is 1. The largest absolute Gasteiger partial charge is 0.229 e. The Morgan fingerprint density at radius 3 is 2.33 bits per heavy atom. The Balaban J connectivity index is 2.58. The molecule has 0 saturated heterocycles. The third kappa shape index (κ3) is 2.05. The third-order valence-electron chi connectivity index (χ3n) is 1.76. The fourth-order valence-electron chi connectivity index (χ4n) is 1.09. The summed E-state index contributed by atoms with van der Waals surface area (Å²) in [4.78, 5) is 3.92. The first-order valence-corrected chi connectivity index (χ1v) is 5.51. The maximum Gasteiger partial charge on any atom is 0.161 e. The fraction of sp³-hybridized carbons (Fsp3) is 0. The van der Waals surface area contributed by atoms with E-state index in [0.717, 1.165) is 6.07 Å². The van der Waals surface area contributed by atoms with Gasteiger partial charge in [-0.3, -0.25) is 0 Å². The van der Waals surface area contributed by atoms with E-state index in [4.69, 9.17) is 0 Å². The molecule has 2 aromatic rings. The Hall–Kier alpha value is -0.880. The van der Waals surface area contributed by atoms with Crippen LogP contribution < -0.4 is 0 Å². The molecule has 1 aromatic heterocycles. The van der Waals surface area contributed by atoms with Crippen LogP contribution in [0.15, 0.2) is 21.4 Å². The van der Waals surface area contributed by atoms with Gasteiger partial charge in [0.1, 0.15) is 5.82 Å². The van der Waals surface area contributed by atoms with Gasteiger partial charge in [-0.15, -0.1) is 11.3 Å². The standard InChI is InChI=1S/C9H3BrF3NS/c10-9-14-8(3-15-9)4-1-6(12)7(13)2-5(4)11/h1-3H. The van der Waals surface area contributed by atoms with E-state index in [1.165, 1.54) is 11.3 Å². The summed E-state index contributed by atoms with van der Waals surface area (Å²) >= 11 is 4.34. The van der Waals surface area contributed by atoms with Crippen LogP contribution in [0.25, 0.3) is 11.3 Å². The zero-order valence-electron chi connectivity index (χ0n) is 7.10. The van der Waals surface area contributed by atoms with Crippen LogP contribution in [-0.2, 0) is 0 Å². The molecule has 0 amide bonds. The number of halogens is 4. The summed E-state index contributed by atoms with van der Waals surface area (Å²) in [5, 5.41) is 1.56. The summed E-state index contributed by atoms with van der Waals surface area (Å²) in [5.74, 6) is -3.12. The van der Waals surface area contributed by atoms with Gasteiger partial charge in [0, 0.05) is 17.0 Å². The van der Waals surface area contributed by atoms with Gasteiger partial charge >= 0.3 is 0 Å². The summed E-state index contributed by atoms with van der Waals surface area (Å²) in [7, 11) is 0. The summed E-state index contributed by atoms with van der Waals surface area (Å²) in [5.41, 5.74) is 0.235. The number of hydrogen-bond acceptors (Lipinski definition) is 2. The van der Waals surface area contributed by atoms with E-state index in [1.54, 1.807) is 5.38 Å². The second-order valence-electron chi connectivity index (χ2n) is 2.73. The molecule has 0 aliphatic rings. The van der Waals surface area contributed by atoms with Crippen molar-refractivity contribution in [3.05, 3.63) is 38.9 Å². The highest BCUT2D eigenvalue weighted by Crippen LogP contribution is 2.28. The number of rotatable bonds is 1. The van der Waals surface area contributed by atoms with Gasteiger partial charge in [0.15, 0.2) is 15.6 Å². The maximum absolute atomic E-state index is 13.3. The zero-order valence-corrected chi connectivity index (χ0v) is 9.50. The molecule has 0 bridgehead atoms. The molecule has 0 atom stereocenters. The summed E-state index contributed by atoms with van der Waals surface area (Å²) in [6.45, 7) is 0. The molecule has 6 heteroatoms. The van der Waals surface area contributed by atoms with Gasteiger partial charge < -0.3 is 0 Å². The van der Waals surface area contributed by atoms with E-state index in [-0.39, 0.29) is 11.3 Å². The van der Waals surface area contributed by atoms with Gasteiger partial charge in [0.05, 0.1) is 5.69 Å². The van der Waals surface area contributed by atoms with E-state index in [2.05, 4.69) is 20.9 Å². The summed E-state index contributed by atoms with van der Waals surface area (Å²) in [6.07, 6.45) is 0. The SMILES string of the molecule is Fc1cc(F)c(-c2csc(Br)n2)cc1F. The Labute approximate surface area is 95.7 Å². The van der Waals surface area contributed by atoms with Crippen LogP contribution in [0.5, 0.6) is 0 Å². The molecule has 0 unspecified atom stereocenters. The van der Waals surface area contributed by atoms with Crippen molar-refractivity contribution in [3.8, 4) is 11.3 Å². The normalized spacial score (nSPS) is 10.7. The topological polar surface area (TPSA) is 12.9 Å². The molecule has 15 heavy (non-hydrogen) atoms. The first kappa shape index (κ1) is 10.6. The lowest BCUT2D eigenvalue weighted by atomic mass is 10.1. The van der Waals surface area contributed by atoms with Gasteiger partial charge in [0.2, 0.25) is 0 Å². The van der Waals surface area contributed by atoms with Gasteiger partial charge in [-0.25, -0.2) is 18.2 Å². The highest BCUT2D eigenvalue weighted by atomic mass is 79.9. The van der Waals surface area contributed by atoms with Crippen molar-refractivity contribution in [1.82, 2.24) is 4.98 Å². The van der Waals surface area contributed by atoms with Crippen molar-refractivity contribution in [1.29, 1.82) is 0 Å². The van der Waals surface area contributed by atoms with Crippen LogP contribution in [0.4, 0.5) is 13.2 Å². The van der Waals surface area contributed by atoms with Crippen molar-refractivity contribution in [2.45, 2.75) is 0 Å². The Morgan fingerprint density at radius 2 is 1.73 bits per heavy atom. The minimum Gasteiger partial charge on any atom is -0.229 e. The summed E-state index contributed by atoms with van der Waals surface area (Å²) in [6, 6.07) is 1.31. The monoisotopic (exact) mass is 293 g/mol. The van der Waals surface area contributed by atoms with Gasteiger partial charge in [-0.2, -0.15) is 0 Å². The van der Waals surface area contributed by atoms with Gasteiger partial charge in [-0.1, -0.05) is 0 Å². The van der Waals surface area contributed by atoms with E-state index in [9.17, 15) is 13.2 Å². The van der Waals surface area contributed by atoms with Crippen LogP contribution in [0.3, 0.4) is 0 Å². The van der Waals surface area contributed by atoms with Crippen LogP contribution in [-0.4, -0.2) is 4.98 Å². The number of hydrogen-bond donors (Lipinski definition) is 0. The molecule has 0 radical (unpaired) electrons. The smallest absolute Gasteiger partial charge is 0.161 e. The van der Waals surface area contributed by atoms with Crippen molar-refractivity contribution in [2.24, 2.45) is 0 Å². The average molecular weight is 294 g/mol. The van der Waals surface area contributed by atoms with Gasteiger partial charge in [0.25, 0.3) is 0 Å². The van der Waals surface area contributed by atoms with Crippen molar-refractivity contribution < 1.29 is 13.2 Å². The zero-order chi connectivity index (χ0) is 11.0. The Morgan fingerprint density at radius 1 is 1.07 bits per heavy atom. The average Bonchev–Trinajstić information content (AvgIpc) is 2.58. The van der Waals surface area contributed by atoms with Crippen LogP contribution >= 0.6 is 27.3 Å². The second kappa shape index (κ2) is 3.94. The van der Waals surface area contributed by atoms with Crippen LogP contribution in [0.2, 0.25) is 0 Å². The predicted molar refractivity (Wildman–Crippen MR) is 55.1 cm³/mol. The van der Waals surface area contributed by atoms with Gasteiger partial charge in [-0.05, 0) is 22.0 Å². The van der Waals surface area contributed by atoms with Crippen molar-refractivity contribution in [2.75, 3.05) is 0 Å². The predicted octanol–water partition coefficient (Wildman–Crippen LogP) is 3.99. The molecule has 0 N–H and O–H groups in total. The number of benzene rings is 1. The Kier molecular flexibility index (Phi) is 2.79. The maximum atomic E-state index is 13.3. The lowest BCUT2D eigenvalue weighted by Crippen LogP contribution is -1.91. The lowest BCUT2D eigenvalue weighted by molar-refractivity contribution is 0.496. The lowest BCUT2D eigenvalue weighted by Gasteiger charge is -2.00. The number of aromatic nitrogens is 1. The molecular formula is C9H3BrF3NS. The molecule has 1 nitrogen and oxygen atoms in total. The molecule has 0 aliphatic heterocycles. The molecule has 0 aliphatic carbocycles. The first-order valence-electron chi connectivity index (χ1n) is 3.84. The first-order chi connectivity index (χ1) is 7.08. The van der Waals surface area contributed by atoms with Crippen LogP contribution in [0, 0.1) is 17.5 Å². The highest BCUT2D eigenvalue weighted by Gasteiger charge is 2.13. The molecule has 0 fully saturated rings. The molecule has 78 valence electrons. The highest BCUT2D eigenvalue weighted by molar-refractivity contribution is 9.11. The summed E-state index contributed by atoms with van der Waals surface area (Å²) < 4.78 is 39.3. The van der Waals surface area contributed by atoms with Crippen LogP contribution in [0.1, 0.15) is 0 Å². The molecule has 1 heterocycles. The van der Waals surface area contributed by atoms with E-state index in [0.29, 0.717) is 9.98 Å². The minimum atomic E-state index is -1.20. The molecule has 0 saturated carbocycles. The quantitative estimate of drug-likeness (QED) is 0.725. The Bertz CT molecular complexity index is 512. The van der Waals surface area contributed by atoms with E-state index in [1.807, 2.05) is 0 Å².